The Balaban J connectivity index is 1.33. The molecule has 0 aliphatic heterocycles. The number of fused-ring (bicyclic) bond motifs is 4. The topological polar surface area (TPSA) is 90.2 Å². The molecule has 5 aromatic carbocycles. The lowest BCUT2D eigenvalue weighted by molar-refractivity contribution is 1.05. The molecule has 0 radical (unpaired) electrons. The molecule has 0 saturated heterocycles. The maximum Gasteiger partial charge on any atom is 0.182 e. The predicted molar refractivity (Wildman–Crippen MR) is 208 cm³/mol. The Morgan fingerprint density at radius 3 is 1.23 bits per heavy atom. The highest BCUT2D eigenvalue weighted by molar-refractivity contribution is 6.15. The van der Waals surface area contributed by atoms with Crippen LogP contribution in [-0.2, 0) is 0 Å². The molecule has 0 spiro atoms. The monoisotopic (exact) mass is 665 g/mol. The van der Waals surface area contributed by atoms with E-state index >= 15 is 0 Å². The van der Waals surface area contributed by atoms with Crippen LogP contribution in [-0.4, -0.2) is 34.9 Å². The van der Waals surface area contributed by atoms with Crippen LogP contribution in [0.4, 0.5) is 0 Å². The molecular formula is C45H27N7. The first-order valence-electron chi connectivity index (χ1n) is 17.0. The van der Waals surface area contributed by atoms with Gasteiger partial charge in [0.25, 0.3) is 0 Å². The van der Waals surface area contributed by atoms with Crippen LogP contribution < -0.4 is 0 Å². The van der Waals surface area contributed by atoms with E-state index in [1.54, 1.807) is 12.4 Å². The van der Waals surface area contributed by atoms with Crippen LogP contribution in [0.25, 0.3) is 100 Å². The van der Waals surface area contributed by atoms with E-state index in [0.29, 0.717) is 28.9 Å². The average molecular weight is 666 g/mol. The highest BCUT2D eigenvalue weighted by Crippen LogP contribution is 2.43. The van der Waals surface area contributed by atoms with E-state index in [-0.39, 0.29) is 0 Å². The van der Waals surface area contributed by atoms with Gasteiger partial charge in [0.1, 0.15) is 11.4 Å². The van der Waals surface area contributed by atoms with Crippen molar-refractivity contribution in [2.75, 3.05) is 0 Å². The Hall–Kier alpha value is -7.25. The summed E-state index contributed by atoms with van der Waals surface area (Å²) in [4.78, 5) is 33.8. The molecule has 7 nitrogen and oxygen atoms in total. The summed E-state index contributed by atoms with van der Waals surface area (Å²) in [6.07, 6.45) is 7.19. The zero-order chi connectivity index (χ0) is 34.4. The quantitative estimate of drug-likeness (QED) is 0.169. The van der Waals surface area contributed by atoms with Crippen molar-refractivity contribution in [2.45, 2.75) is 0 Å². The van der Waals surface area contributed by atoms with Crippen LogP contribution in [0.1, 0.15) is 0 Å². The predicted octanol–water partition coefficient (Wildman–Crippen LogP) is 10.4. The van der Waals surface area contributed by atoms with Crippen LogP contribution in [0.5, 0.6) is 0 Å². The van der Waals surface area contributed by atoms with Crippen LogP contribution in [0.2, 0.25) is 0 Å². The molecule has 0 unspecified atom stereocenters. The molecule has 0 fully saturated rings. The van der Waals surface area contributed by atoms with Crippen molar-refractivity contribution < 1.29 is 0 Å². The third kappa shape index (κ3) is 5.11. The number of rotatable bonds is 5. The molecule has 242 valence electrons. The molecule has 5 aromatic heterocycles. The third-order valence-electron chi connectivity index (χ3n) is 9.45. The Bertz CT molecular complexity index is 2660. The van der Waals surface area contributed by atoms with Gasteiger partial charge >= 0.3 is 0 Å². The molecule has 0 bridgehead atoms. The average Bonchev–Trinajstić information content (AvgIpc) is 3.22. The molecule has 0 aliphatic carbocycles. The molecule has 0 aliphatic rings. The SMILES string of the molecule is c1ccc(-c2nc(-c3cc(-c4c5ccccc5cc5ncccc45)cc(-c4c5ccccc5cc5ncccc45)c3)nc(-c3ccccn3)n2)nc1. The van der Waals surface area contributed by atoms with Gasteiger partial charge < -0.3 is 0 Å². The largest absolute Gasteiger partial charge is 0.256 e. The van der Waals surface area contributed by atoms with Crippen molar-refractivity contribution in [3.63, 3.8) is 0 Å². The maximum atomic E-state index is 5.08. The van der Waals surface area contributed by atoms with Crippen LogP contribution >= 0.6 is 0 Å². The summed E-state index contributed by atoms with van der Waals surface area (Å²) in [7, 11) is 0. The van der Waals surface area contributed by atoms with E-state index in [1.165, 1.54) is 0 Å². The molecule has 7 heteroatoms. The van der Waals surface area contributed by atoms with Gasteiger partial charge in [-0.25, -0.2) is 15.0 Å². The number of aromatic nitrogens is 7. The van der Waals surface area contributed by atoms with Crippen molar-refractivity contribution in [2.24, 2.45) is 0 Å². The van der Waals surface area contributed by atoms with E-state index in [2.05, 4.69) is 101 Å². The zero-order valence-corrected chi connectivity index (χ0v) is 27.7. The molecule has 52 heavy (non-hydrogen) atoms. The van der Waals surface area contributed by atoms with Crippen molar-refractivity contribution >= 4 is 43.4 Å². The van der Waals surface area contributed by atoms with E-state index in [4.69, 9.17) is 24.9 Å². The maximum absolute atomic E-state index is 5.08. The minimum Gasteiger partial charge on any atom is -0.256 e. The Labute approximate surface area is 298 Å². The lowest BCUT2D eigenvalue weighted by atomic mass is 9.88. The minimum absolute atomic E-state index is 0.470. The number of hydrogen-bond donors (Lipinski definition) is 0. The summed E-state index contributed by atoms with van der Waals surface area (Å²) in [5, 5.41) is 6.63. The third-order valence-corrected chi connectivity index (χ3v) is 9.45. The first kappa shape index (κ1) is 29.6. The van der Waals surface area contributed by atoms with Gasteiger partial charge in [-0.1, -0.05) is 72.8 Å². The van der Waals surface area contributed by atoms with Gasteiger partial charge in [-0.15, -0.1) is 0 Å². The van der Waals surface area contributed by atoms with E-state index in [0.717, 1.165) is 71.2 Å². The number of pyridine rings is 4. The molecule has 0 saturated carbocycles. The van der Waals surface area contributed by atoms with Gasteiger partial charge in [-0.05, 0) is 111 Å². The smallest absolute Gasteiger partial charge is 0.182 e. The summed E-state index contributed by atoms with van der Waals surface area (Å²) in [6, 6.07) is 47.7. The van der Waals surface area contributed by atoms with Crippen LogP contribution in [0.3, 0.4) is 0 Å². The highest BCUT2D eigenvalue weighted by Gasteiger charge is 2.19. The Morgan fingerprint density at radius 2 is 0.731 bits per heavy atom. The van der Waals surface area contributed by atoms with Gasteiger partial charge in [0.2, 0.25) is 0 Å². The summed E-state index contributed by atoms with van der Waals surface area (Å²) < 4.78 is 0. The first-order chi connectivity index (χ1) is 25.8. The van der Waals surface area contributed by atoms with Crippen LogP contribution in [0.15, 0.2) is 164 Å². The van der Waals surface area contributed by atoms with Crippen molar-refractivity contribution in [3.8, 4) is 56.7 Å². The fourth-order valence-corrected chi connectivity index (χ4v) is 7.17. The minimum atomic E-state index is 0.470. The summed E-state index contributed by atoms with van der Waals surface area (Å²) in [5.41, 5.74) is 8.22. The van der Waals surface area contributed by atoms with E-state index < -0.39 is 0 Å². The molecule has 0 N–H and O–H groups in total. The van der Waals surface area contributed by atoms with Gasteiger partial charge in [0.15, 0.2) is 17.5 Å². The van der Waals surface area contributed by atoms with Gasteiger partial charge in [-0.2, -0.15) is 0 Å². The number of hydrogen-bond acceptors (Lipinski definition) is 7. The van der Waals surface area contributed by atoms with Crippen LogP contribution in [0, 0.1) is 0 Å². The van der Waals surface area contributed by atoms with Gasteiger partial charge in [0, 0.05) is 41.1 Å². The fraction of sp³-hybridized carbons (Fsp3) is 0. The summed E-state index contributed by atoms with van der Waals surface area (Å²) in [5.74, 6) is 1.46. The zero-order valence-electron chi connectivity index (χ0n) is 27.7. The van der Waals surface area contributed by atoms with Gasteiger partial charge in [-0.3, -0.25) is 19.9 Å². The van der Waals surface area contributed by atoms with Crippen molar-refractivity contribution in [3.05, 3.63) is 164 Å². The lowest BCUT2D eigenvalue weighted by Gasteiger charge is -2.17. The molecule has 10 rings (SSSR count). The lowest BCUT2D eigenvalue weighted by Crippen LogP contribution is -2.02. The van der Waals surface area contributed by atoms with E-state index in [1.807, 2.05) is 60.9 Å². The number of nitrogens with zero attached hydrogens (tertiary/aromatic N) is 7. The van der Waals surface area contributed by atoms with Crippen molar-refractivity contribution in [1.82, 2.24) is 34.9 Å². The molecule has 0 atom stereocenters. The summed E-state index contributed by atoms with van der Waals surface area (Å²) in [6.45, 7) is 0. The fourth-order valence-electron chi connectivity index (χ4n) is 7.17. The summed E-state index contributed by atoms with van der Waals surface area (Å²) >= 11 is 0. The highest BCUT2D eigenvalue weighted by atomic mass is 15.1. The second-order valence-corrected chi connectivity index (χ2v) is 12.6. The molecular weight excluding hydrogens is 639 g/mol. The Kier molecular flexibility index (Phi) is 6.99. The van der Waals surface area contributed by atoms with E-state index in [9.17, 15) is 0 Å². The normalized spacial score (nSPS) is 11.5. The first-order valence-corrected chi connectivity index (χ1v) is 17.0. The number of benzene rings is 5. The van der Waals surface area contributed by atoms with Gasteiger partial charge in [0.05, 0.1) is 11.0 Å². The molecule has 0 amide bonds. The standard InChI is InChI=1S/C45H27N7/c1-3-13-33-28(11-1)26-39-35(15-9-21-48-39)41(33)30-23-31(42-34-14-4-2-12-29(34)27-40-36(42)16-10-22-49-40)25-32(24-30)43-50-44(37-17-5-7-19-46-37)52-45(51-43)38-18-6-8-20-47-38/h1-27H. The Morgan fingerprint density at radius 1 is 0.308 bits per heavy atom. The second-order valence-electron chi connectivity index (χ2n) is 12.6. The molecule has 5 heterocycles. The second kappa shape index (κ2) is 12.3. The van der Waals surface area contributed by atoms with Crippen molar-refractivity contribution in [1.29, 1.82) is 0 Å². The molecule has 10 aromatic rings.